The molecule has 0 aliphatic rings. The summed E-state index contributed by atoms with van der Waals surface area (Å²) in [5.74, 6) is 0.260. The summed E-state index contributed by atoms with van der Waals surface area (Å²) in [6.45, 7) is 0. The van der Waals surface area contributed by atoms with Crippen LogP contribution in [0.2, 0.25) is 5.02 Å². The molecule has 0 spiro atoms. The number of sulfone groups is 2. The highest BCUT2D eigenvalue weighted by molar-refractivity contribution is 9.10. The Hall–Kier alpha value is -1.09. The van der Waals surface area contributed by atoms with Crippen LogP contribution in [0.4, 0.5) is 0 Å². The van der Waals surface area contributed by atoms with Gasteiger partial charge in [0.25, 0.3) is 0 Å². The van der Waals surface area contributed by atoms with E-state index in [0.717, 1.165) is 23.1 Å². The molecular weight excluding hydrogens is 428 g/mol. The number of hydrogen-bond acceptors (Lipinski definition) is 5. The lowest BCUT2D eigenvalue weighted by atomic mass is 10.3. The SMILES string of the molecule is CS(=O)(=O)c1ccc(Oc2ccc(Br)cc2Cl)c(S(C)(=O)=O)c1. The average molecular weight is 440 g/mol. The van der Waals surface area contributed by atoms with Gasteiger partial charge in [0.05, 0.1) is 9.92 Å². The zero-order valence-electron chi connectivity index (χ0n) is 12.1. The van der Waals surface area contributed by atoms with E-state index in [9.17, 15) is 16.8 Å². The normalized spacial score (nSPS) is 12.2. The Bertz CT molecular complexity index is 969. The summed E-state index contributed by atoms with van der Waals surface area (Å²) in [6, 6.07) is 8.51. The van der Waals surface area contributed by atoms with Crippen molar-refractivity contribution in [1.29, 1.82) is 0 Å². The molecule has 0 aromatic heterocycles. The van der Waals surface area contributed by atoms with E-state index in [1.165, 1.54) is 12.1 Å². The Kier molecular flexibility index (Phi) is 5.10. The second-order valence-corrected chi connectivity index (χ2v) is 10.2. The Morgan fingerprint density at radius 3 is 2.04 bits per heavy atom. The molecule has 0 bridgehead atoms. The molecule has 23 heavy (non-hydrogen) atoms. The fourth-order valence-electron chi connectivity index (χ4n) is 1.77. The summed E-state index contributed by atoms with van der Waals surface area (Å²) in [6.07, 6.45) is 1.98. The van der Waals surface area contributed by atoms with Crippen molar-refractivity contribution >= 4 is 47.2 Å². The van der Waals surface area contributed by atoms with E-state index in [1.54, 1.807) is 18.2 Å². The van der Waals surface area contributed by atoms with Crippen LogP contribution in [-0.4, -0.2) is 29.3 Å². The van der Waals surface area contributed by atoms with E-state index >= 15 is 0 Å². The van der Waals surface area contributed by atoms with E-state index in [1.807, 2.05) is 0 Å². The van der Waals surface area contributed by atoms with Gasteiger partial charge < -0.3 is 4.74 Å². The molecule has 5 nitrogen and oxygen atoms in total. The fourth-order valence-corrected chi connectivity index (χ4v) is 4.02. The Morgan fingerprint density at radius 2 is 1.52 bits per heavy atom. The smallest absolute Gasteiger partial charge is 0.179 e. The van der Waals surface area contributed by atoms with Crippen LogP contribution >= 0.6 is 27.5 Å². The van der Waals surface area contributed by atoms with Crippen molar-refractivity contribution in [3.63, 3.8) is 0 Å². The molecule has 0 atom stereocenters. The molecule has 2 aromatic rings. The molecule has 0 heterocycles. The molecular formula is C14H12BrClO5S2. The van der Waals surface area contributed by atoms with Gasteiger partial charge >= 0.3 is 0 Å². The van der Waals surface area contributed by atoms with Gasteiger partial charge in [0.15, 0.2) is 19.7 Å². The summed E-state index contributed by atoms with van der Waals surface area (Å²) in [5, 5.41) is 0.283. The van der Waals surface area contributed by atoms with E-state index in [4.69, 9.17) is 16.3 Å². The molecule has 0 fully saturated rings. The number of halogens is 2. The molecule has 124 valence electrons. The largest absolute Gasteiger partial charge is 0.454 e. The highest BCUT2D eigenvalue weighted by Gasteiger charge is 2.20. The van der Waals surface area contributed by atoms with Crippen LogP contribution in [0.1, 0.15) is 0 Å². The number of benzene rings is 2. The van der Waals surface area contributed by atoms with Crippen molar-refractivity contribution in [2.24, 2.45) is 0 Å². The lowest BCUT2D eigenvalue weighted by Gasteiger charge is -2.12. The summed E-state index contributed by atoms with van der Waals surface area (Å²) in [7, 11) is -7.24. The summed E-state index contributed by atoms with van der Waals surface area (Å²) < 4.78 is 53.4. The van der Waals surface area contributed by atoms with Crippen molar-refractivity contribution < 1.29 is 21.6 Å². The minimum atomic E-state index is -3.70. The number of ether oxygens (including phenoxy) is 1. The Morgan fingerprint density at radius 1 is 0.913 bits per heavy atom. The van der Waals surface area contributed by atoms with Gasteiger partial charge in [-0.15, -0.1) is 0 Å². The van der Waals surface area contributed by atoms with Gasteiger partial charge in [0, 0.05) is 17.0 Å². The van der Waals surface area contributed by atoms with Crippen molar-refractivity contribution in [2.75, 3.05) is 12.5 Å². The molecule has 2 aromatic carbocycles. The second-order valence-electron chi connectivity index (χ2n) is 4.83. The number of rotatable bonds is 4. The van der Waals surface area contributed by atoms with Crippen LogP contribution in [0.15, 0.2) is 50.7 Å². The van der Waals surface area contributed by atoms with Crippen LogP contribution in [0, 0.1) is 0 Å². The lowest BCUT2D eigenvalue weighted by Crippen LogP contribution is -2.04. The standard InChI is InChI=1S/C14H12BrClO5S2/c1-22(17,18)10-4-6-13(14(8-10)23(2,19)20)21-12-5-3-9(15)7-11(12)16/h3-8H,1-2H3. The highest BCUT2D eigenvalue weighted by Crippen LogP contribution is 2.35. The van der Waals surface area contributed by atoms with Crippen LogP contribution < -0.4 is 4.74 Å². The molecule has 0 amide bonds. The van der Waals surface area contributed by atoms with Gasteiger partial charge in [0.2, 0.25) is 0 Å². The number of hydrogen-bond donors (Lipinski definition) is 0. The molecule has 0 saturated heterocycles. The first-order chi connectivity index (χ1) is 10.5. The van der Waals surface area contributed by atoms with Gasteiger partial charge in [0.1, 0.15) is 16.4 Å². The highest BCUT2D eigenvalue weighted by atomic mass is 79.9. The van der Waals surface area contributed by atoms with Crippen molar-refractivity contribution in [3.05, 3.63) is 45.9 Å². The van der Waals surface area contributed by atoms with Crippen LogP contribution in [0.3, 0.4) is 0 Å². The predicted octanol–water partition coefficient (Wildman–Crippen LogP) is 3.70. The second kappa shape index (κ2) is 6.43. The molecule has 0 aliphatic carbocycles. The van der Waals surface area contributed by atoms with Gasteiger partial charge in [-0.1, -0.05) is 27.5 Å². The van der Waals surface area contributed by atoms with E-state index in [-0.39, 0.29) is 26.3 Å². The molecule has 0 N–H and O–H groups in total. The van der Waals surface area contributed by atoms with Crippen molar-refractivity contribution in [3.8, 4) is 11.5 Å². The quantitative estimate of drug-likeness (QED) is 0.726. The molecule has 9 heteroatoms. The topological polar surface area (TPSA) is 77.5 Å². The third-order valence-corrected chi connectivity index (χ3v) is 5.87. The van der Waals surface area contributed by atoms with Gasteiger partial charge in [-0.3, -0.25) is 0 Å². The maximum absolute atomic E-state index is 11.9. The zero-order valence-corrected chi connectivity index (χ0v) is 16.1. The predicted molar refractivity (Wildman–Crippen MR) is 91.9 cm³/mol. The van der Waals surface area contributed by atoms with Crippen molar-refractivity contribution in [1.82, 2.24) is 0 Å². The third-order valence-electron chi connectivity index (χ3n) is 2.86. The summed E-state index contributed by atoms with van der Waals surface area (Å²) >= 11 is 9.31. The fraction of sp³-hybridized carbons (Fsp3) is 0.143. The third kappa shape index (κ3) is 4.47. The Balaban J connectivity index is 2.58. The summed E-state index contributed by atoms with van der Waals surface area (Å²) in [5.41, 5.74) is 0. The minimum absolute atomic E-state index is 0.00382. The summed E-state index contributed by atoms with van der Waals surface area (Å²) in [4.78, 5) is -0.327. The average Bonchev–Trinajstić information content (AvgIpc) is 2.40. The van der Waals surface area contributed by atoms with E-state index in [2.05, 4.69) is 15.9 Å². The van der Waals surface area contributed by atoms with Gasteiger partial charge in [-0.25, -0.2) is 16.8 Å². The molecule has 0 radical (unpaired) electrons. The monoisotopic (exact) mass is 438 g/mol. The van der Waals surface area contributed by atoms with Crippen molar-refractivity contribution in [2.45, 2.75) is 9.79 Å². The first-order valence-corrected chi connectivity index (χ1v) is 11.1. The van der Waals surface area contributed by atoms with Gasteiger partial charge in [-0.05, 0) is 36.4 Å². The lowest BCUT2D eigenvalue weighted by molar-refractivity contribution is 0.467. The van der Waals surface area contributed by atoms with Crippen LogP contribution in [0.25, 0.3) is 0 Å². The maximum atomic E-state index is 11.9. The van der Waals surface area contributed by atoms with Crippen LogP contribution in [0.5, 0.6) is 11.5 Å². The first kappa shape index (κ1) is 18.3. The first-order valence-electron chi connectivity index (χ1n) is 6.15. The Labute approximate surface area is 148 Å². The maximum Gasteiger partial charge on any atom is 0.179 e. The molecule has 0 unspecified atom stereocenters. The van der Waals surface area contributed by atoms with E-state index in [0.29, 0.717) is 0 Å². The minimum Gasteiger partial charge on any atom is -0.454 e. The molecule has 0 saturated carbocycles. The molecule has 2 rings (SSSR count). The van der Waals surface area contributed by atoms with Gasteiger partial charge in [-0.2, -0.15) is 0 Å². The van der Waals surface area contributed by atoms with E-state index < -0.39 is 19.7 Å². The molecule has 0 aliphatic heterocycles. The van der Waals surface area contributed by atoms with Crippen LogP contribution in [-0.2, 0) is 19.7 Å². The zero-order chi connectivity index (χ0) is 17.4.